The third kappa shape index (κ3) is 5.05. The molecule has 0 aliphatic heterocycles. The first-order valence-electron chi connectivity index (χ1n) is 5.26. The highest BCUT2D eigenvalue weighted by molar-refractivity contribution is 5.93. The molecular formula is C12H19NO2. The summed E-state index contributed by atoms with van der Waals surface area (Å²) in [6, 6.07) is 6.88. The van der Waals surface area contributed by atoms with Crippen LogP contribution >= 0.6 is 0 Å². The number of ether oxygens (including phenoxy) is 1. The molecule has 0 aromatic heterocycles. The zero-order valence-electron chi connectivity index (χ0n) is 9.62. The minimum Gasteiger partial charge on any atom is -0.494 e. The molecule has 0 fully saturated rings. The van der Waals surface area contributed by atoms with Gasteiger partial charge >= 0.3 is 0 Å². The van der Waals surface area contributed by atoms with Crippen molar-refractivity contribution in [2.75, 3.05) is 6.61 Å². The Balaban J connectivity index is 0.000000921. The molecule has 3 nitrogen and oxygen atoms in total. The first-order chi connectivity index (χ1) is 7.24. The number of carbonyl (C=O) groups excluding carboxylic acids is 1. The van der Waals surface area contributed by atoms with Crippen LogP contribution in [0.25, 0.3) is 0 Å². The third-order valence-corrected chi connectivity index (χ3v) is 1.59. The van der Waals surface area contributed by atoms with Crippen molar-refractivity contribution in [3.63, 3.8) is 0 Å². The van der Waals surface area contributed by atoms with E-state index in [1.54, 1.807) is 18.2 Å². The van der Waals surface area contributed by atoms with E-state index in [9.17, 15) is 4.79 Å². The monoisotopic (exact) mass is 209 g/mol. The average molecular weight is 209 g/mol. The Morgan fingerprint density at radius 2 is 2.07 bits per heavy atom. The van der Waals surface area contributed by atoms with E-state index in [0.29, 0.717) is 17.9 Å². The highest BCUT2D eigenvalue weighted by Crippen LogP contribution is 2.12. The van der Waals surface area contributed by atoms with Gasteiger partial charge in [-0.15, -0.1) is 0 Å². The smallest absolute Gasteiger partial charge is 0.248 e. The summed E-state index contributed by atoms with van der Waals surface area (Å²) >= 11 is 0. The maximum atomic E-state index is 10.8. The Morgan fingerprint density at radius 1 is 1.40 bits per heavy atom. The molecule has 15 heavy (non-hydrogen) atoms. The Labute approximate surface area is 91.2 Å². The molecule has 2 N–H and O–H groups in total. The molecule has 0 bridgehead atoms. The van der Waals surface area contributed by atoms with Crippen molar-refractivity contribution >= 4 is 5.91 Å². The molecule has 1 rings (SSSR count). The minimum atomic E-state index is -0.429. The van der Waals surface area contributed by atoms with Crippen LogP contribution in [0.2, 0.25) is 0 Å². The SMILES string of the molecule is CC.CCCOc1cccc(C(N)=O)c1. The van der Waals surface area contributed by atoms with Gasteiger partial charge in [0.15, 0.2) is 0 Å². The van der Waals surface area contributed by atoms with Gasteiger partial charge in [0.25, 0.3) is 0 Å². The molecule has 1 aromatic carbocycles. The van der Waals surface area contributed by atoms with Crippen molar-refractivity contribution in [1.29, 1.82) is 0 Å². The van der Waals surface area contributed by atoms with Gasteiger partial charge in [-0.2, -0.15) is 0 Å². The molecule has 1 aromatic rings. The molecule has 1 amide bonds. The fraction of sp³-hybridized carbons (Fsp3) is 0.417. The van der Waals surface area contributed by atoms with E-state index in [1.165, 1.54) is 0 Å². The van der Waals surface area contributed by atoms with Crippen LogP contribution in [0.3, 0.4) is 0 Å². The lowest BCUT2D eigenvalue weighted by molar-refractivity contribution is 0.1000. The van der Waals surface area contributed by atoms with Gasteiger partial charge in [-0.3, -0.25) is 4.79 Å². The quantitative estimate of drug-likeness (QED) is 0.828. The highest BCUT2D eigenvalue weighted by Gasteiger charge is 2.00. The number of benzene rings is 1. The molecular weight excluding hydrogens is 190 g/mol. The second kappa shape index (κ2) is 7.85. The van der Waals surface area contributed by atoms with Crippen molar-refractivity contribution in [1.82, 2.24) is 0 Å². The molecule has 0 spiro atoms. The van der Waals surface area contributed by atoms with Crippen LogP contribution in [0.1, 0.15) is 37.6 Å². The number of hydrogen-bond acceptors (Lipinski definition) is 2. The van der Waals surface area contributed by atoms with Gasteiger partial charge in [0.1, 0.15) is 5.75 Å². The lowest BCUT2D eigenvalue weighted by Gasteiger charge is -2.04. The van der Waals surface area contributed by atoms with E-state index in [1.807, 2.05) is 26.8 Å². The zero-order valence-corrected chi connectivity index (χ0v) is 9.62. The van der Waals surface area contributed by atoms with Crippen LogP contribution in [-0.2, 0) is 0 Å². The summed E-state index contributed by atoms with van der Waals surface area (Å²) in [6.45, 7) is 6.68. The number of rotatable bonds is 4. The molecule has 0 unspecified atom stereocenters. The number of nitrogens with two attached hydrogens (primary N) is 1. The summed E-state index contributed by atoms with van der Waals surface area (Å²) in [5, 5.41) is 0. The van der Waals surface area contributed by atoms with Gasteiger partial charge in [-0.25, -0.2) is 0 Å². The average Bonchev–Trinajstić information content (AvgIpc) is 2.29. The Morgan fingerprint density at radius 3 is 2.60 bits per heavy atom. The molecule has 0 radical (unpaired) electrons. The number of amides is 1. The fourth-order valence-electron chi connectivity index (χ4n) is 0.959. The van der Waals surface area contributed by atoms with Crippen molar-refractivity contribution in [3.05, 3.63) is 29.8 Å². The van der Waals surface area contributed by atoms with Gasteiger partial charge in [0.2, 0.25) is 5.91 Å². The van der Waals surface area contributed by atoms with Crippen LogP contribution in [0.5, 0.6) is 5.75 Å². The van der Waals surface area contributed by atoms with E-state index in [0.717, 1.165) is 6.42 Å². The summed E-state index contributed by atoms with van der Waals surface area (Å²) in [6.07, 6.45) is 0.945. The molecule has 0 atom stereocenters. The maximum Gasteiger partial charge on any atom is 0.248 e. The van der Waals surface area contributed by atoms with Gasteiger partial charge in [0, 0.05) is 5.56 Å². The normalized spacial score (nSPS) is 8.73. The van der Waals surface area contributed by atoms with Crippen molar-refractivity contribution in [2.45, 2.75) is 27.2 Å². The third-order valence-electron chi connectivity index (χ3n) is 1.59. The largest absolute Gasteiger partial charge is 0.494 e. The first kappa shape index (κ1) is 13.5. The van der Waals surface area contributed by atoms with Gasteiger partial charge < -0.3 is 10.5 Å². The number of carbonyl (C=O) groups is 1. The fourth-order valence-corrected chi connectivity index (χ4v) is 0.959. The molecule has 0 saturated heterocycles. The van der Waals surface area contributed by atoms with E-state index < -0.39 is 5.91 Å². The van der Waals surface area contributed by atoms with Crippen molar-refractivity contribution < 1.29 is 9.53 Å². The standard InChI is InChI=1S/C10H13NO2.C2H6/c1-2-6-13-9-5-3-4-8(7-9)10(11)12;1-2/h3-5,7H,2,6H2,1H3,(H2,11,12);1-2H3. The van der Waals surface area contributed by atoms with E-state index in [-0.39, 0.29) is 0 Å². The van der Waals surface area contributed by atoms with Crippen LogP contribution in [-0.4, -0.2) is 12.5 Å². The molecule has 84 valence electrons. The minimum absolute atomic E-state index is 0.429. The molecule has 0 heterocycles. The lowest BCUT2D eigenvalue weighted by atomic mass is 10.2. The Bertz CT molecular complexity index is 297. The lowest BCUT2D eigenvalue weighted by Crippen LogP contribution is -2.10. The van der Waals surface area contributed by atoms with E-state index in [4.69, 9.17) is 10.5 Å². The van der Waals surface area contributed by atoms with Crippen LogP contribution in [0.4, 0.5) is 0 Å². The van der Waals surface area contributed by atoms with E-state index in [2.05, 4.69) is 0 Å². The second-order valence-corrected chi connectivity index (χ2v) is 2.74. The van der Waals surface area contributed by atoms with Gasteiger partial charge in [-0.1, -0.05) is 26.8 Å². The van der Waals surface area contributed by atoms with Crippen molar-refractivity contribution in [3.8, 4) is 5.75 Å². The Kier molecular flexibility index (Phi) is 7.06. The second-order valence-electron chi connectivity index (χ2n) is 2.74. The summed E-state index contributed by atoms with van der Waals surface area (Å²) in [4.78, 5) is 10.8. The summed E-state index contributed by atoms with van der Waals surface area (Å²) in [5.74, 6) is 0.264. The van der Waals surface area contributed by atoms with Gasteiger partial charge in [-0.05, 0) is 24.6 Å². The van der Waals surface area contributed by atoms with Crippen LogP contribution in [0.15, 0.2) is 24.3 Å². The van der Waals surface area contributed by atoms with Gasteiger partial charge in [0.05, 0.1) is 6.61 Å². The number of primary amides is 1. The summed E-state index contributed by atoms with van der Waals surface area (Å²) < 4.78 is 5.34. The van der Waals surface area contributed by atoms with E-state index >= 15 is 0 Å². The predicted octanol–water partition coefficient (Wildman–Crippen LogP) is 2.60. The summed E-state index contributed by atoms with van der Waals surface area (Å²) in [7, 11) is 0. The maximum absolute atomic E-state index is 10.8. The molecule has 0 saturated carbocycles. The Hall–Kier alpha value is -1.51. The topological polar surface area (TPSA) is 52.3 Å². The van der Waals surface area contributed by atoms with Crippen molar-refractivity contribution in [2.24, 2.45) is 5.73 Å². The highest BCUT2D eigenvalue weighted by atomic mass is 16.5. The summed E-state index contributed by atoms with van der Waals surface area (Å²) in [5.41, 5.74) is 5.60. The first-order valence-corrected chi connectivity index (χ1v) is 5.26. The molecule has 3 heteroatoms. The molecule has 0 aliphatic rings. The predicted molar refractivity (Wildman–Crippen MR) is 62.1 cm³/mol. The number of hydrogen-bond donors (Lipinski definition) is 1. The zero-order chi connectivity index (χ0) is 11.7. The molecule has 0 aliphatic carbocycles. The van der Waals surface area contributed by atoms with Crippen LogP contribution < -0.4 is 10.5 Å². The van der Waals surface area contributed by atoms with Crippen LogP contribution in [0, 0.1) is 0 Å².